The van der Waals surface area contributed by atoms with E-state index in [-0.39, 0.29) is 20.3 Å². The first-order valence-electron chi connectivity index (χ1n) is 7.61. The van der Waals surface area contributed by atoms with Gasteiger partial charge in [-0.3, -0.25) is 9.11 Å². The summed E-state index contributed by atoms with van der Waals surface area (Å²) in [5.74, 6) is 0. The fourth-order valence-electron chi connectivity index (χ4n) is 1.91. The van der Waals surface area contributed by atoms with Gasteiger partial charge in [0.25, 0.3) is 0 Å². The van der Waals surface area contributed by atoms with Crippen molar-refractivity contribution in [2.75, 3.05) is 0 Å². The van der Waals surface area contributed by atoms with Crippen LogP contribution in [0.3, 0.4) is 0 Å². The summed E-state index contributed by atoms with van der Waals surface area (Å²) in [7, 11) is -4.67. The summed E-state index contributed by atoms with van der Waals surface area (Å²) in [5, 5.41) is 0. The normalized spacial score (nSPS) is 10.4. The zero-order chi connectivity index (χ0) is 15.0. The molecule has 0 heterocycles. The third-order valence-corrected chi connectivity index (χ3v) is 2.96. The fraction of sp³-hybridized carbons (Fsp3) is 1.00. The van der Waals surface area contributed by atoms with Crippen LogP contribution in [0.25, 0.3) is 0 Å². The minimum atomic E-state index is -4.67. The molecule has 0 aromatic rings. The van der Waals surface area contributed by atoms with Gasteiger partial charge in [0.15, 0.2) is 0 Å². The zero-order valence-electron chi connectivity index (χ0n) is 14.6. The van der Waals surface area contributed by atoms with E-state index in [1.807, 2.05) is 0 Å². The van der Waals surface area contributed by atoms with Crippen LogP contribution in [-0.2, 0) is 10.4 Å². The Hall–Kier alpha value is 0.467. The van der Waals surface area contributed by atoms with Gasteiger partial charge in [-0.1, -0.05) is 90.9 Å². The maximum atomic E-state index is 8.74. The van der Waals surface area contributed by atoms with Gasteiger partial charge in [-0.25, -0.2) is 0 Å². The van der Waals surface area contributed by atoms with Gasteiger partial charge < -0.3 is 1.43 Å². The van der Waals surface area contributed by atoms with Crippen molar-refractivity contribution in [2.24, 2.45) is 0 Å². The summed E-state index contributed by atoms with van der Waals surface area (Å²) in [6, 6.07) is 0. The van der Waals surface area contributed by atoms with E-state index in [9.17, 15) is 0 Å². The molecule has 120 valence electrons. The van der Waals surface area contributed by atoms with Gasteiger partial charge in [-0.05, 0) is 0 Å². The Labute approximate surface area is 139 Å². The molecule has 0 aliphatic rings. The first-order valence-corrected chi connectivity index (χ1v) is 9.01. The van der Waals surface area contributed by atoms with Crippen molar-refractivity contribution in [1.29, 1.82) is 0 Å². The summed E-state index contributed by atoms with van der Waals surface area (Å²) in [6.07, 6.45) is 17.4. The van der Waals surface area contributed by atoms with Crippen molar-refractivity contribution in [3.05, 3.63) is 0 Å². The van der Waals surface area contributed by atoms with E-state index in [1.54, 1.807) is 0 Å². The quantitative estimate of drug-likeness (QED) is 0.348. The van der Waals surface area contributed by atoms with Crippen LogP contribution < -0.4 is 18.9 Å². The van der Waals surface area contributed by atoms with E-state index >= 15 is 0 Å². The summed E-state index contributed by atoms with van der Waals surface area (Å²) in [6.45, 7) is 4.57. The maximum Gasteiger partial charge on any atom is 1.00 e. The molecule has 0 aliphatic heterocycles. The molecule has 0 saturated heterocycles. The predicted octanol–water partition coefficient (Wildman–Crippen LogP) is 2.17. The van der Waals surface area contributed by atoms with Crippen molar-refractivity contribution in [3.8, 4) is 0 Å². The van der Waals surface area contributed by atoms with E-state index in [0.29, 0.717) is 0 Å². The molecular formula is C14H33LiO4S. The van der Waals surface area contributed by atoms with Gasteiger partial charge >= 0.3 is 29.3 Å². The molecule has 6 heteroatoms. The summed E-state index contributed by atoms with van der Waals surface area (Å²) in [5.41, 5.74) is 0. The molecule has 2 N–H and O–H groups in total. The number of hydrogen-bond acceptors (Lipinski definition) is 2. The van der Waals surface area contributed by atoms with Crippen molar-refractivity contribution in [2.45, 2.75) is 90.9 Å². The second kappa shape index (κ2) is 19.5. The van der Waals surface area contributed by atoms with Crippen LogP contribution in [0.4, 0.5) is 0 Å². The smallest absolute Gasteiger partial charge is 1.00 e. The van der Waals surface area contributed by atoms with Gasteiger partial charge in [0.1, 0.15) is 0 Å². The molecule has 0 atom stereocenters. The molecule has 0 radical (unpaired) electrons. The van der Waals surface area contributed by atoms with Gasteiger partial charge in [-0.15, -0.1) is 0 Å². The minimum absolute atomic E-state index is 0. The third kappa shape index (κ3) is 42.8. The van der Waals surface area contributed by atoms with Crippen LogP contribution in [-0.4, -0.2) is 17.5 Å². The van der Waals surface area contributed by atoms with Crippen molar-refractivity contribution < 1.29 is 37.8 Å². The molecule has 0 aromatic carbocycles. The average Bonchev–Trinajstić information content (AvgIpc) is 2.29. The number of rotatable bonds is 11. The number of hydrogen-bond donors (Lipinski definition) is 2. The molecule has 0 bridgehead atoms. The van der Waals surface area contributed by atoms with E-state index in [2.05, 4.69) is 13.8 Å². The van der Waals surface area contributed by atoms with Crippen molar-refractivity contribution >= 4 is 10.4 Å². The first kappa shape index (κ1) is 25.4. The zero-order valence-corrected chi connectivity index (χ0v) is 14.4. The molecule has 0 fully saturated rings. The molecule has 0 spiro atoms. The van der Waals surface area contributed by atoms with E-state index in [1.165, 1.54) is 77.0 Å². The molecule has 0 aromatic heterocycles. The molecule has 0 saturated carbocycles. The summed E-state index contributed by atoms with van der Waals surface area (Å²) in [4.78, 5) is 0. The van der Waals surface area contributed by atoms with Crippen molar-refractivity contribution in [3.63, 3.8) is 0 Å². The van der Waals surface area contributed by atoms with E-state index in [4.69, 9.17) is 17.5 Å². The van der Waals surface area contributed by atoms with E-state index in [0.717, 1.165) is 0 Å². The van der Waals surface area contributed by atoms with E-state index < -0.39 is 10.4 Å². The Morgan fingerprint density at radius 3 is 0.950 bits per heavy atom. The van der Waals surface area contributed by atoms with Crippen LogP contribution in [0, 0.1) is 0 Å². The van der Waals surface area contributed by atoms with Crippen LogP contribution in [0.2, 0.25) is 0 Å². The second-order valence-corrected chi connectivity index (χ2v) is 5.88. The molecule has 4 nitrogen and oxygen atoms in total. The number of unbranched alkanes of at least 4 members (excludes halogenated alkanes) is 11. The second-order valence-electron chi connectivity index (χ2n) is 4.98. The largest absolute Gasteiger partial charge is 1.00 e. The minimum Gasteiger partial charge on any atom is -1.00 e. The Balaban J connectivity index is -0.000000179. The monoisotopic (exact) mass is 304 g/mol. The Bertz CT molecular complexity index is 242. The maximum absolute atomic E-state index is 8.74. The Morgan fingerprint density at radius 2 is 0.800 bits per heavy atom. The predicted molar refractivity (Wildman–Crippen MR) is 82.0 cm³/mol. The van der Waals surface area contributed by atoms with Crippen LogP contribution in [0.5, 0.6) is 0 Å². The molecule has 0 unspecified atom stereocenters. The molecular weight excluding hydrogens is 271 g/mol. The molecule has 0 aliphatic carbocycles. The third-order valence-electron chi connectivity index (χ3n) is 2.96. The van der Waals surface area contributed by atoms with Crippen LogP contribution in [0.15, 0.2) is 0 Å². The summed E-state index contributed by atoms with van der Waals surface area (Å²) >= 11 is 0. The SMILES string of the molecule is CCCCCCCCCCCCCC.O=S(=O)(O)O.[H-].[Li+]. The van der Waals surface area contributed by atoms with Crippen LogP contribution >= 0.6 is 0 Å². The van der Waals surface area contributed by atoms with Gasteiger partial charge in [0.05, 0.1) is 0 Å². The Kier molecular flexibility index (Phi) is 24.7. The Morgan fingerprint density at radius 1 is 0.650 bits per heavy atom. The van der Waals surface area contributed by atoms with Gasteiger partial charge in [0, 0.05) is 0 Å². The first-order chi connectivity index (χ1) is 8.91. The van der Waals surface area contributed by atoms with Gasteiger partial charge in [-0.2, -0.15) is 8.42 Å². The molecule has 0 amide bonds. The van der Waals surface area contributed by atoms with Crippen LogP contribution in [0.1, 0.15) is 92.3 Å². The molecule has 20 heavy (non-hydrogen) atoms. The van der Waals surface area contributed by atoms with Crippen molar-refractivity contribution in [1.82, 2.24) is 0 Å². The molecule has 0 rings (SSSR count). The fourth-order valence-corrected chi connectivity index (χ4v) is 1.91. The average molecular weight is 304 g/mol. The summed E-state index contributed by atoms with van der Waals surface area (Å²) < 4.78 is 31.6. The standard InChI is InChI=1S/C14H30.Li.H2O4S.H/c1-3-5-7-9-11-13-14-12-10-8-6-4-2;;1-5(2,3)4;/h3-14H2,1-2H3;;(H2,1,2,3,4);/q;+1;;-1. The van der Waals surface area contributed by atoms with Gasteiger partial charge in [0.2, 0.25) is 0 Å². The topological polar surface area (TPSA) is 74.6 Å².